The predicted octanol–water partition coefficient (Wildman–Crippen LogP) is 4.22. The molecule has 1 aliphatic rings. The van der Waals surface area contributed by atoms with Crippen molar-refractivity contribution < 1.29 is 35.2 Å². The molecule has 0 radical (unpaired) electrons. The first-order valence-electron chi connectivity index (χ1n) is 13.1. The van der Waals surface area contributed by atoms with Gasteiger partial charge in [-0.1, -0.05) is 24.8 Å². The molecule has 0 unspecified atom stereocenters. The standard InChI is InChI=1S/C29H24F5N5O4S/c1-3-25(40)37-11-12-38(16(2)15-37)27-18-13-21(31)17(26-19(29(32,33)34)7-6-8-20(26)30)14-23(18)39(28(41)36-27)22-9-4-5-10-24(22)44(35,42)43/h3-10,13-14,16H,1,11-12,15H2,2H3,(H2,35,42,43)/t16-/m0/s1. The molecule has 9 nitrogen and oxygen atoms in total. The molecule has 1 saturated heterocycles. The van der Waals surface area contributed by atoms with Crippen molar-refractivity contribution in [3.8, 4) is 16.8 Å². The topological polar surface area (TPSA) is 119 Å². The first kappa shape index (κ1) is 30.8. The molecule has 1 atom stereocenters. The monoisotopic (exact) mass is 633 g/mol. The van der Waals surface area contributed by atoms with E-state index >= 15 is 8.78 Å². The van der Waals surface area contributed by atoms with Gasteiger partial charge in [-0.25, -0.2) is 27.1 Å². The molecule has 4 aromatic rings. The minimum absolute atomic E-state index is 0.0671. The lowest BCUT2D eigenvalue weighted by atomic mass is 9.96. The van der Waals surface area contributed by atoms with Crippen molar-refractivity contribution in [2.24, 2.45) is 5.14 Å². The normalized spacial score (nSPS) is 15.9. The molecule has 15 heteroatoms. The van der Waals surface area contributed by atoms with Crippen LogP contribution in [0.4, 0.5) is 27.8 Å². The smallest absolute Gasteiger partial charge is 0.350 e. The Morgan fingerprint density at radius 3 is 2.41 bits per heavy atom. The fourth-order valence-electron chi connectivity index (χ4n) is 5.39. The minimum atomic E-state index is -5.07. The number of anilines is 1. The number of carbonyl (C=O) groups is 1. The summed E-state index contributed by atoms with van der Waals surface area (Å²) >= 11 is 0. The number of hydrogen-bond acceptors (Lipinski definition) is 6. The third-order valence-corrected chi connectivity index (χ3v) is 8.31. The number of halogens is 5. The number of nitrogens with two attached hydrogens (primary N) is 1. The zero-order valence-electron chi connectivity index (χ0n) is 23.0. The quantitative estimate of drug-likeness (QED) is 0.260. The summed E-state index contributed by atoms with van der Waals surface area (Å²) in [4.78, 5) is 32.6. The number of piperazine rings is 1. The third kappa shape index (κ3) is 5.43. The van der Waals surface area contributed by atoms with E-state index in [4.69, 9.17) is 5.14 Å². The lowest BCUT2D eigenvalue weighted by molar-refractivity contribution is -0.137. The van der Waals surface area contributed by atoms with Crippen LogP contribution in [-0.2, 0) is 21.0 Å². The van der Waals surface area contributed by atoms with Gasteiger partial charge in [0.1, 0.15) is 22.3 Å². The SMILES string of the molecule is C=CC(=O)N1CCN(c2nc(=O)n(-c3ccccc3S(N)(=O)=O)c3cc(-c4c(F)cccc4C(F)(F)F)c(F)cc23)[C@@H](C)C1. The van der Waals surface area contributed by atoms with Gasteiger partial charge in [0, 0.05) is 42.2 Å². The molecule has 1 aromatic heterocycles. The summed E-state index contributed by atoms with van der Waals surface area (Å²) in [7, 11) is -4.45. The van der Waals surface area contributed by atoms with Crippen molar-refractivity contribution in [2.45, 2.75) is 24.0 Å². The predicted molar refractivity (Wildman–Crippen MR) is 153 cm³/mol. The fraction of sp³-hybridized carbons (Fsp3) is 0.207. The van der Waals surface area contributed by atoms with Gasteiger partial charge in [-0.2, -0.15) is 18.2 Å². The number of aromatic nitrogens is 2. The van der Waals surface area contributed by atoms with Crippen LogP contribution in [0.1, 0.15) is 12.5 Å². The fourth-order valence-corrected chi connectivity index (χ4v) is 6.11. The molecule has 0 saturated carbocycles. The van der Waals surface area contributed by atoms with Crippen molar-refractivity contribution >= 4 is 32.7 Å². The second-order valence-corrected chi connectivity index (χ2v) is 11.6. The average molecular weight is 634 g/mol. The van der Waals surface area contributed by atoms with Crippen molar-refractivity contribution in [1.29, 1.82) is 0 Å². The first-order valence-corrected chi connectivity index (χ1v) is 14.6. The maximum absolute atomic E-state index is 15.9. The highest BCUT2D eigenvalue weighted by molar-refractivity contribution is 7.89. The van der Waals surface area contributed by atoms with E-state index in [9.17, 15) is 31.2 Å². The molecule has 230 valence electrons. The summed E-state index contributed by atoms with van der Waals surface area (Å²) in [6, 6.07) is 8.42. The maximum Gasteiger partial charge on any atom is 0.417 e. The Bertz CT molecular complexity index is 1990. The molecule has 1 amide bonds. The molecule has 2 N–H and O–H groups in total. The van der Waals surface area contributed by atoms with Gasteiger partial charge >= 0.3 is 11.9 Å². The first-order chi connectivity index (χ1) is 20.6. The van der Waals surface area contributed by atoms with Gasteiger partial charge in [0.2, 0.25) is 15.9 Å². The van der Waals surface area contributed by atoms with Crippen molar-refractivity contribution in [3.63, 3.8) is 0 Å². The average Bonchev–Trinajstić information content (AvgIpc) is 2.95. The Balaban J connectivity index is 1.86. The van der Waals surface area contributed by atoms with E-state index in [2.05, 4.69) is 11.6 Å². The van der Waals surface area contributed by atoms with Crippen molar-refractivity contribution in [1.82, 2.24) is 14.5 Å². The van der Waals surface area contributed by atoms with Crippen LogP contribution in [0.25, 0.3) is 27.7 Å². The Kier molecular flexibility index (Phi) is 7.80. The molecule has 5 rings (SSSR count). The van der Waals surface area contributed by atoms with Crippen LogP contribution < -0.4 is 15.7 Å². The van der Waals surface area contributed by atoms with Crippen LogP contribution in [0.2, 0.25) is 0 Å². The lowest BCUT2D eigenvalue weighted by Gasteiger charge is -2.40. The highest BCUT2D eigenvalue weighted by Crippen LogP contribution is 2.41. The van der Waals surface area contributed by atoms with Gasteiger partial charge in [-0.15, -0.1) is 0 Å². The number of nitrogens with zero attached hydrogens (tertiary/aromatic N) is 4. The molecule has 0 spiro atoms. The van der Waals surface area contributed by atoms with Gasteiger partial charge in [-0.05, 0) is 49.4 Å². The van der Waals surface area contributed by atoms with Crippen LogP contribution >= 0.6 is 0 Å². The summed E-state index contributed by atoms with van der Waals surface area (Å²) in [6.07, 6.45) is -3.92. The van der Waals surface area contributed by atoms with Gasteiger partial charge in [0.25, 0.3) is 0 Å². The van der Waals surface area contributed by atoms with Crippen LogP contribution in [0.15, 0.2) is 76.9 Å². The van der Waals surface area contributed by atoms with E-state index in [-0.39, 0.29) is 47.9 Å². The van der Waals surface area contributed by atoms with Crippen molar-refractivity contribution in [2.75, 3.05) is 24.5 Å². The molecule has 3 aromatic carbocycles. The van der Waals surface area contributed by atoms with Crippen LogP contribution in [-0.4, -0.2) is 54.5 Å². The van der Waals surface area contributed by atoms with Gasteiger partial charge in [-0.3, -0.25) is 9.36 Å². The van der Waals surface area contributed by atoms with E-state index in [1.165, 1.54) is 23.1 Å². The van der Waals surface area contributed by atoms with Gasteiger partial charge in [0.15, 0.2) is 0 Å². The lowest BCUT2D eigenvalue weighted by Crippen LogP contribution is -2.54. The number of hydrogen-bond donors (Lipinski definition) is 1. The van der Waals surface area contributed by atoms with Crippen LogP contribution in [0, 0.1) is 11.6 Å². The van der Waals surface area contributed by atoms with E-state index in [0.29, 0.717) is 6.07 Å². The molecular formula is C29H24F5N5O4S. The Hall–Kier alpha value is -4.63. The van der Waals surface area contributed by atoms with Gasteiger partial charge < -0.3 is 9.80 Å². The Labute approximate surface area is 247 Å². The number of primary sulfonamides is 1. The minimum Gasteiger partial charge on any atom is -0.350 e. The highest BCUT2D eigenvalue weighted by Gasteiger charge is 2.36. The van der Waals surface area contributed by atoms with E-state index in [1.54, 1.807) is 11.8 Å². The Morgan fingerprint density at radius 1 is 1.07 bits per heavy atom. The molecule has 2 heterocycles. The number of sulfonamides is 1. The van der Waals surface area contributed by atoms with E-state index < -0.39 is 61.2 Å². The van der Waals surface area contributed by atoms with E-state index in [1.807, 2.05) is 0 Å². The molecular weight excluding hydrogens is 609 g/mol. The number of benzene rings is 3. The third-order valence-electron chi connectivity index (χ3n) is 7.35. The summed E-state index contributed by atoms with van der Waals surface area (Å²) in [5.74, 6) is -3.02. The second kappa shape index (κ2) is 11.1. The van der Waals surface area contributed by atoms with Crippen LogP contribution in [0.5, 0.6) is 0 Å². The summed E-state index contributed by atoms with van der Waals surface area (Å²) in [6.45, 7) is 5.68. The summed E-state index contributed by atoms with van der Waals surface area (Å²) < 4.78 is 98.4. The molecule has 1 fully saturated rings. The molecule has 1 aliphatic heterocycles. The molecule has 44 heavy (non-hydrogen) atoms. The number of alkyl halides is 3. The zero-order valence-corrected chi connectivity index (χ0v) is 23.8. The van der Waals surface area contributed by atoms with Crippen LogP contribution in [0.3, 0.4) is 0 Å². The zero-order chi connectivity index (χ0) is 32.1. The molecule has 0 aliphatic carbocycles. The summed E-state index contributed by atoms with van der Waals surface area (Å²) in [5.41, 5.74) is -5.01. The second-order valence-electron chi connectivity index (χ2n) is 10.1. The number of para-hydroxylation sites is 1. The largest absolute Gasteiger partial charge is 0.417 e. The number of rotatable bonds is 5. The Morgan fingerprint density at radius 2 is 1.77 bits per heavy atom. The van der Waals surface area contributed by atoms with Crippen molar-refractivity contribution in [3.05, 3.63) is 94.9 Å². The number of amides is 1. The van der Waals surface area contributed by atoms with E-state index in [0.717, 1.165) is 41.0 Å². The van der Waals surface area contributed by atoms with Gasteiger partial charge in [0.05, 0.1) is 16.8 Å². The maximum atomic E-state index is 15.9. The summed E-state index contributed by atoms with van der Waals surface area (Å²) in [5, 5.41) is 5.30. The highest BCUT2D eigenvalue weighted by atomic mass is 32.2. The molecule has 0 bridgehead atoms. The number of carbonyl (C=O) groups excluding carboxylic acids is 1. The number of fused-ring (bicyclic) bond motifs is 1.